The van der Waals surface area contributed by atoms with E-state index in [4.69, 9.17) is 10.3 Å². The Kier molecular flexibility index (Phi) is 2.76. The highest BCUT2D eigenvalue weighted by Crippen LogP contribution is 2.03. The fourth-order valence-electron chi connectivity index (χ4n) is 0.823. The molecule has 0 saturated carbocycles. The Morgan fingerprint density at radius 1 is 1.33 bits per heavy atom. The van der Waals surface area contributed by atoms with Crippen LogP contribution in [0.3, 0.4) is 0 Å². The lowest BCUT2D eigenvalue weighted by Crippen LogP contribution is -2.05. The SMILES string of the molecule is OCC(=NO)c1ccc(F)cc1. The molecule has 0 fully saturated rings. The zero-order valence-electron chi connectivity index (χ0n) is 6.24. The zero-order valence-corrected chi connectivity index (χ0v) is 6.24. The molecule has 64 valence electrons. The minimum absolute atomic E-state index is 0.120. The number of benzene rings is 1. The molecule has 0 saturated heterocycles. The average Bonchev–Trinajstić information content (AvgIpc) is 2.10. The Bertz CT molecular complexity index is 282. The second-order valence-corrected chi connectivity index (χ2v) is 2.21. The van der Waals surface area contributed by atoms with E-state index in [9.17, 15) is 4.39 Å². The predicted octanol–water partition coefficient (Wildman–Crippen LogP) is 0.996. The molecule has 0 aliphatic rings. The van der Waals surface area contributed by atoms with Gasteiger partial charge in [-0.1, -0.05) is 17.3 Å². The number of oxime groups is 1. The van der Waals surface area contributed by atoms with Crippen LogP contribution in [0.15, 0.2) is 29.4 Å². The fourth-order valence-corrected chi connectivity index (χ4v) is 0.823. The van der Waals surface area contributed by atoms with Crippen LogP contribution in [0.5, 0.6) is 0 Å². The van der Waals surface area contributed by atoms with Crippen LogP contribution in [0.1, 0.15) is 5.56 Å². The first-order valence-corrected chi connectivity index (χ1v) is 3.35. The summed E-state index contributed by atoms with van der Waals surface area (Å²) in [6.07, 6.45) is 0. The second kappa shape index (κ2) is 3.82. The number of nitrogens with zero attached hydrogens (tertiary/aromatic N) is 1. The lowest BCUT2D eigenvalue weighted by Gasteiger charge is -1.99. The van der Waals surface area contributed by atoms with E-state index in [1.807, 2.05) is 0 Å². The standard InChI is InChI=1S/C8H8FNO2/c9-7-3-1-6(2-4-7)8(5-11)10-12/h1-4,11-12H,5H2. The summed E-state index contributed by atoms with van der Waals surface area (Å²) >= 11 is 0. The van der Waals surface area contributed by atoms with Crippen LogP contribution >= 0.6 is 0 Å². The Morgan fingerprint density at radius 2 is 1.92 bits per heavy atom. The molecule has 0 bridgehead atoms. The molecule has 1 aromatic rings. The van der Waals surface area contributed by atoms with Crippen molar-refractivity contribution >= 4 is 5.71 Å². The van der Waals surface area contributed by atoms with Crippen molar-refractivity contribution in [3.05, 3.63) is 35.6 Å². The third-order valence-corrected chi connectivity index (χ3v) is 1.45. The smallest absolute Gasteiger partial charge is 0.123 e. The summed E-state index contributed by atoms with van der Waals surface area (Å²) in [4.78, 5) is 0. The molecule has 2 N–H and O–H groups in total. The molecule has 0 amide bonds. The van der Waals surface area contributed by atoms with Crippen LogP contribution in [0.25, 0.3) is 0 Å². The second-order valence-electron chi connectivity index (χ2n) is 2.21. The van der Waals surface area contributed by atoms with Crippen molar-refractivity contribution in [1.82, 2.24) is 0 Å². The van der Waals surface area contributed by atoms with Crippen LogP contribution in [0.4, 0.5) is 4.39 Å². The van der Waals surface area contributed by atoms with Gasteiger partial charge in [-0.05, 0) is 12.1 Å². The van der Waals surface area contributed by atoms with Gasteiger partial charge in [-0.25, -0.2) is 4.39 Å². The molecular weight excluding hydrogens is 161 g/mol. The molecule has 1 aromatic carbocycles. The van der Waals surface area contributed by atoms with Gasteiger partial charge in [0.15, 0.2) is 0 Å². The lowest BCUT2D eigenvalue weighted by atomic mass is 10.1. The van der Waals surface area contributed by atoms with E-state index >= 15 is 0 Å². The molecule has 0 atom stereocenters. The van der Waals surface area contributed by atoms with Crippen molar-refractivity contribution in [2.45, 2.75) is 0 Å². The minimum atomic E-state index is -0.373. The molecule has 12 heavy (non-hydrogen) atoms. The van der Waals surface area contributed by atoms with E-state index < -0.39 is 0 Å². The first kappa shape index (κ1) is 8.67. The molecule has 0 aliphatic heterocycles. The molecule has 0 aliphatic carbocycles. The van der Waals surface area contributed by atoms with Crippen LogP contribution in [0, 0.1) is 5.82 Å². The van der Waals surface area contributed by atoms with E-state index in [0.717, 1.165) is 0 Å². The van der Waals surface area contributed by atoms with E-state index in [0.29, 0.717) is 5.56 Å². The van der Waals surface area contributed by atoms with Gasteiger partial charge in [0.05, 0.1) is 6.61 Å². The third kappa shape index (κ3) is 1.79. The molecule has 3 nitrogen and oxygen atoms in total. The maximum atomic E-state index is 12.4. The minimum Gasteiger partial charge on any atom is -0.411 e. The number of aliphatic hydroxyl groups excluding tert-OH is 1. The number of hydrogen-bond acceptors (Lipinski definition) is 3. The normalized spacial score (nSPS) is 11.7. The number of hydrogen-bond donors (Lipinski definition) is 2. The number of aliphatic hydroxyl groups is 1. The summed E-state index contributed by atoms with van der Waals surface area (Å²) in [6.45, 7) is -0.373. The topological polar surface area (TPSA) is 52.8 Å². The highest BCUT2D eigenvalue weighted by atomic mass is 19.1. The summed E-state index contributed by atoms with van der Waals surface area (Å²) in [5, 5.41) is 19.9. The Morgan fingerprint density at radius 3 is 2.33 bits per heavy atom. The highest BCUT2D eigenvalue weighted by molar-refractivity contribution is 6.00. The molecule has 4 heteroatoms. The zero-order chi connectivity index (χ0) is 8.97. The van der Waals surface area contributed by atoms with E-state index in [1.54, 1.807) is 0 Å². The van der Waals surface area contributed by atoms with Gasteiger partial charge in [0, 0.05) is 5.56 Å². The third-order valence-electron chi connectivity index (χ3n) is 1.45. The maximum absolute atomic E-state index is 12.4. The van der Waals surface area contributed by atoms with E-state index in [2.05, 4.69) is 5.16 Å². The van der Waals surface area contributed by atoms with Crippen molar-refractivity contribution in [1.29, 1.82) is 0 Å². The van der Waals surface area contributed by atoms with Crippen molar-refractivity contribution in [2.75, 3.05) is 6.61 Å². The lowest BCUT2D eigenvalue weighted by molar-refractivity contribution is 0.304. The summed E-state index contributed by atoms with van der Waals surface area (Å²) in [5.41, 5.74) is 0.622. The van der Waals surface area contributed by atoms with E-state index in [-0.39, 0.29) is 18.1 Å². The molecule has 0 radical (unpaired) electrons. The summed E-state index contributed by atoms with van der Waals surface area (Å²) < 4.78 is 12.4. The van der Waals surface area contributed by atoms with Gasteiger partial charge in [0.25, 0.3) is 0 Å². The summed E-state index contributed by atoms with van der Waals surface area (Å²) in [5.74, 6) is -0.367. The van der Waals surface area contributed by atoms with Gasteiger partial charge in [-0.2, -0.15) is 0 Å². The maximum Gasteiger partial charge on any atom is 0.123 e. The Balaban J connectivity index is 2.96. The fraction of sp³-hybridized carbons (Fsp3) is 0.125. The largest absolute Gasteiger partial charge is 0.411 e. The van der Waals surface area contributed by atoms with Crippen LogP contribution < -0.4 is 0 Å². The van der Waals surface area contributed by atoms with E-state index in [1.165, 1.54) is 24.3 Å². The molecule has 1 rings (SSSR count). The first-order chi connectivity index (χ1) is 5.77. The predicted molar refractivity (Wildman–Crippen MR) is 41.8 cm³/mol. The van der Waals surface area contributed by atoms with Crippen molar-refractivity contribution < 1.29 is 14.7 Å². The number of halogens is 1. The van der Waals surface area contributed by atoms with Gasteiger partial charge in [-0.3, -0.25) is 0 Å². The van der Waals surface area contributed by atoms with Gasteiger partial charge in [0.1, 0.15) is 11.5 Å². The van der Waals surface area contributed by atoms with Gasteiger partial charge in [-0.15, -0.1) is 0 Å². The molecular formula is C8H8FNO2. The summed E-state index contributed by atoms with van der Waals surface area (Å²) in [7, 11) is 0. The monoisotopic (exact) mass is 169 g/mol. The summed E-state index contributed by atoms with van der Waals surface area (Å²) in [6, 6.07) is 5.33. The first-order valence-electron chi connectivity index (χ1n) is 3.35. The highest BCUT2D eigenvalue weighted by Gasteiger charge is 2.01. The van der Waals surface area contributed by atoms with Crippen LogP contribution in [-0.2, 0) is 0 Å². The van der Waals surface area contributed by atoms with Crippen molar-refractivity contribution in [3.63, 3.8) is 0 Å². The van der Waals surface area contributed by atoms with Crippen molar-refractivity contribution in [2.24, 2.45) is 5.16 Å². The van der Waals surface area contributed by atoms with Gasteiger partial charge < -0.3 is 10.3 Å². The molecule has 0 spiro atoms. The molecule has 0 heterocycles. The molecule has 0 aromatic heterocycles. The van der Waals surface area contributed by atoms with Gasteiger partial charge >= 0.3 is 0 Å². The quantitative estimate of drug-likeness (QED) is 0.394. The number of rotatable bonds is 2. The molecule has 0 unspecified atom stereocenters. The Hall–Kier alpha value is -1.42. The van der Waals surface area contributed by atoms with Gasteiger partial charge in [0.2, 0.25) is 0 Å². The van der Waals surface area contributed by atoms with Crippen LogP contribution in [0.2, 0.25) is 0 Å². The average molecular weight is 169 g/mol. The van der Waals surface area contributed by atoms with Crippen molar-refractivity contribution in [3.8, 4) is 0 Å². The Labute approximate surface area is 68.8 Å². The van der Waals surface area contributed by atoms with Crippen LogP contribution in [-0.4, -0.2) is 22.6 Å².